The molecule has 0 spiro atoms. The molecule has 0 aromatic rings. The summed E-state index contributed by atoms with van der Waals surface area (Å²) >= 11 is 0. The lowest BCUT2D eigenvalue weighted by Crippen LogP contribution is -2.70. The maximum atomic E-state index is 10.9. The molecular weight excluding hydrogens is 212 g/mol. The monoisotopic (exact) mass is 238 g/mol. The summed E-state index contributed by atoms with van der Waals surface area (Å²) in [4.78, 5) is 5.21. The van der Waals surface area contributed by atoms with Crippen molar-refractivity contribution in [3.8, 4) is 0 Å². The third-order valence-electron chi connectivity index (χ3n) is 5.74. The lowest BCUT2D eigenvalue weighted by Gasteiger charge is -2.60. The van der Waals surface area contributed by atoms with Crippen molar-refractivity contribution in [3.05, 3.63) is 0 Å². The first kappa shape index (κ1) is 11.9. The Kier molecular flexibility index (Phi) is 2.59. The molecule has 1 N–H and O–H groups in total. The molecule has 0 aromatic carbocycles. The Morgan fingerprint density at radius 2 is 1.71 bits per heavy atom. The molecule has 98 valence electrons. The Hall–Kier alpha value is -0.120. The smallest absolute Gasteiger partial charge is 0.0701 e. The van der Waals surface area contributed by atoms with Gasteiger partial charge in [-0.3, -0.25) is 0 Å². The van der Waals surface area contributed by atoms with Crippen LogP contribution >= 0.6 is 0 Å². The summed E-state index contributed by atoms with van der Waals surface area (Å²) in [5.41, 5.74) is 0.215. The number of fused-ring (bicyclic) bond motifs is 1. The average molecular weight is 238 g/mol. The van der Waals surface area contributed by atoms with E-state index in [2.05, 4.69) is 30.6 Å². The van der Waals surface area contributed by atoms with Crippen LogP contribution < -0.4 is 0 Å². The van der Waals surface area contributed by atoms with E-state index in [4.69, 9.17) is 0 Å². The van der Waals surface area contributed by atoms with Gasteiger partial charge in [0.25, 0.3) is 0 Å². The van der Waals surface area contributed by atoms with Crippen molar-refractivity contribution in [3.63, 3.8) is 0 Å². The SMILES string of the molecule is CC[C@H](C)C12CN3CCN(CC(C)(C3)[C@@H]1O)C2. The fourth-order valence-corrected chi connectivity index (χ4v) is 4.69. The van der Waals surface area contributed by atoms with Gasteiger partial charge >= 0.3 is 0 Å². The lowest BCUT2D eigenvalue weighted by atomic mass is 9.57. The van der Waals surface area contributed by atoms with Crippen LogP contribution in [0.25, 0.3) is 0 Å². The van der Waals surface area contributed by atoms with Gasteiger partial charge in [-0.1, -0.05) is 27.2 Å². The van der Waals surface area contributed by atoms with E-state index in [0.717, 1.165) is 26.2 Å². The van der Waals surface area contributed by atoms with Gasteiger partial charge in [-0.05, 0) is 5.92 Å². The lowest BCUT2D eigenvalue weighted by molar-refractivity contribution is -0.182. The van der Waals surface area contributed by atoms with Crippen molar-refractivity contribution >= 4 is 0 Å². The third kappa shape index (κ3) is 1.52. The molecule has 0 amide bonds. The van der Waals surface area contributed by atoms with E-state index < -0.39 is 0 Å². The molecule has 3 heteroatoms. The summed E-state index contributed by atoms with van der Waals surface area (Å²) in [6, 6.07) is 0. The Morgan fingerprint density at radius 1 is 1.18 bits per heavy atom. The number of piperidine rings is 2. The van der Waals surface area contributed by atoms with Gasteiger partial charge in [-0.15, -0.1) is 0 Å². The molecule has 0 radical (unpaired) electrons. The summed E-state index contributed by atoms with van der Waals surface area (Å²) < 4.78 is 0. The van der Waals surface area contributed by atoms with Crippen LogP contribution in [-0.4, -0.2) is 60.3 Å². The minimum atomic E-state index is -0.115. The Labute approximate surface area is 105 Å². The predicted octanol–water partition coefficient (Wildman–Crippen LogP) is 1.03. The predicted molar refractivity (Wildman–Crippen MR) is 68.9 cm³/mol. The second kappa shape index (κ2) is 3.69. The van der Waals surface area contributed by atoms with Crippen LogP contribution in [-0.2, 0) is 0 Å². The van der Waals surface area contributed by atoms with Crippen LogP contribution in [0.4, 0.5) is 0 Å². The van der Waals surface area contributed by atoms with Crippen molar-refractivity contribution in [1.82, 2.24) is 9.80 Å². The molecular formula is C14H26N2O. The van der Waals surface area contributed by atoms with E-state index in [1.807, 2.05) is 0 Å². The van der Waals surface area contributed by atoms with Crippen LogP contribution in [0, 0.1) is 16.7 Å². The molecule has 0 aliphatic carbocycles. The highest BCUT2D eigenvalue weighted by Gasteiger charge is 2.60. The molecule has 4 aliphatic rings. The number of aliphatic hydroxyl groups excluding tert-OH is 1. The fourth-order valence-electron chi connectivity index (χ4n) is 4.69. The van der Waals surface area contributed by atoms with Gasteiger partial charge in [-0.2, -0.15) is 0 Å². The molecule has 4 rings (SSSR count). The number of rotatable bonds is 2. The Morgan fingerprint density at radius 3 is 2.18 bits per heavy atom. The number of nitrogens with zero attached hydrogens (tertiary/aromatic N) is 2. The molecule has 2 unspecified atom stereocenters. The second-order valence-corrected chi connectivity index (χ2v) is 7.02. The zero-order valence-electron chi connectivity index (χ0n) is 11.4. The van der Waals surface area contributed by atoms with Crippen molar-refractivity contribution in [2.45, 2.75) is 33.3 Å². The highest BCUT2D eigenvalue weighted by Crippen LogP contribution is 2.51. The Bertz CT molecular complexity index is 301. The van der Waals surface area contributed by atoms with Crippen molar-refractivity contribution in [2.24, 2.45) is 16.7 Å². The topological polar surface area (TPSA) is 26.7 Å². The van der Waals surface area contributed by atoms with E-state index in [1.165, 1.54) is 19.5 Å². The van der Waals surface area contributed by atoms with E-state index in [0.29, 0.717) is 5.92 Å². The molecule has 4 atom stereocenters. The molecule has 3 nitrogen and oxygen atoms in total. The molecule has 4 bridgehead atoms. The van der Waals surface area contributed by atoms with Crippen molar-refractivity contribution in [2.75, 3.05) is 39.3 Å². The largest absolute Gasteiger partial charge is 0.392 e. The van der Waals surface area contributed by atoms with Crippen LogP contribution in [0.2, 0.25) is 0 Å². The third-order valence-corrected chi connectivity index (χ3v) is 5.74. The second-order valence-electron chi connectivity index (χ2n) is 7.02. The zero-order valence-corrected chi connectivity index (χ0v) is 11.4. The minimum Gasteiger partial charge on any atom is -0.392 e. The maximum absolute atomic E-state index is 10.9. The van der Waals surface area contributed by atoms with E-state index in [9.17, 15) is 5.11 Å². The summed E-state index contributed by atoms with van der Waals surface area (Å²) in [5.74, 6) is 0.612. The van der Waals surface area contributed by atoms with E-state index in [-0.39, 0.29) is 16.9 Å². The summed E-state index contributed by atoms with van der Waals surface area (Å²) in [5, 5.41) is 10.9. The molecule has 4 heterocycles. The minimum absolute atomic E-state index is 0.0937. The first-order chi connectivity index (χ1) is 8.00. The molecule has 0 saturated carbocycles. The summed E-state index contributed by atoms with van der Waals surface area (Å²) in [6.07, 6.45) is 1.06. The Balaban J connectivity index is 2.03. The van der Waals surface area contributed by atoms with Crippen molar-refractivity contribution < 1.29 is 5.11 Å². The summed E-state index contributed by atoms with van der Waals surface area (Å²) in [6.45, 7) is 13.7. The van der Waals surface area contributed by atoms with Gasteiger partial charge in [0.2, 0.25) is 0 Å². The standard InChI is InChI=1S/C14H26N2O/c1-4-11(2)14-9-15-5-6-16(10-14)8-13(3,7-15)12(14)17/h11-12,17H,4-10H2,1-3H3/t11-,12-,13?,14?/m0/s1. The van der Waals surface area contributed by atoms with Crippen LogP contribution in [0.1, 0.15) is 27.2 Å². The normalized spacial score (nSPS) is 54.7. The van der Waals surface area contributed by atoms with E-state index >= 15 is 0 Å². The highest BCUT2D eigenvalue weighted by atomic mass is 16.3. The van der Waals surface area contributed by atoms with Gasteiger partial charge in [0.15, 0.2) is 0 Å². The molecule has 0 aromatic heterocycles. The van der Waals surface area contributed by atoms with Crippen LogP contribution in [0.3, 0.4) is 0 Å². The van der Waals surface area contributed by atoms with Crippen molar-refractivity contribution in [1.29, 1.82) is 0 Å². The van der Waals surface area contributed by atoms with Crippen LogP contribution in [0.5, 0.6) is 0 Å². The molecule has 4 aliphatic heterocycles. The van der Waals surface area contributed by atoms with Gasteiger partial charge < -0.3 is 14.9 Å². The number of aliphatic hydroxyl groups is 1. The number of hydrogen-bond acceptors (Lipinski definition) is 3. The van der Waals surface area contributed by atoms with Gasteiger partial charge in [0.1, 0.15) is 0 Å². The fraction of sp³-hybridized carbons (Fsp3) is 1.00. The number of hydrogen-bond donors (Lipinski definition) is 1. The van der Waals surface area contributed by atoms with E-state index in [1.54, 1.807) is 0 Å². The van der Waals surface area contributed by atoms with Gasteiger partial charge in [0, 0.05) is 50.1 Å². The van der Waals surface area contributed by atoms with Crippen LogP contribution in [0.15, 0.2) is 0 Å². The molecule has 17 heavy (non-hydrogen) atoms. The molecule has 4 saturated heterocycles. The maximum Gasteiger partial charge on any atom is 0.0701 e. The summed E-state index contributed by atoms with van der Waals surface area (Å²) in [7, 11) is 0. The highest BCUT2D eigenvalue weighted by molar-refractivity contribution is 5.12. The first-order valence-electron chi connectivity index (χ1n) is 7.13. The quantitative estimate of drug-likeness (QED) is 0.778. The average Bonchev–Trinajstić information content (AvgIpc) is 2.51. The van der Waals surface area contributed by atoms with Gasteiger partial charge in [0.05, 0.1) is 6.10 Å². The molecule has 4 fully saturated rings. The zero-order chi connectivity index (χ0) is 12.3. The van der Waals surface area contributed by atoms with Gasteiger partial charge in [-0.25, -0.2) is 0 Å². The first-order valence-corrected chi connectivity index (χ1v) is 7.13.